The van der Waals surface area contributed by atoms with Crippen LogP contribution in [-0.4, -0.2) is 95.0 Å². The monoisotopic (exact) mass is 656 g/mol. The normalized spacial score (nSPS) is 15.9. The van der Waals surface area contributed by atoms with Crippen LogP contribution in [-0.2, 0) is 50.0 Å². The van der Waals surface area contributed by atoms with Gasteiger partial charge in [-0.1, -0.05) is 6.42 Å². The number of esters is 1. The van der Waals surface area contributed by atoms with E-state index in [0.29, 0.717) is 51.3 Å². The minimum Gasteiger partial charge on any atom is -0.459 e. The number of hydrogen-bond donors (Lipinski definition) is 2. The van der Waals surface area contributed by atoms with Gasteiger partial charge in [0.05, 0.1) is 37.8 Å². The summed E-state index contributed by atoms with van der Waals surface area (Å²) in [5.41, 5.74) is -1.10. The van der Waals surface area contributed by atoms with Crippen LogP contribution in [0, 0.1) is 11.3 Å². The standard InChI is InChI=1S/C33H52N8O6/c1-32(2,3)46-30(44)23-39-17-13-35-26(39)21-38(22-27-36-14-18-40(27)24-31(45)47-33(4,5)6)15-9-7-8-12-28(42)37-20-29(43)41-16-10-11-25(41)19-34/h13-14,17-18,25,30,44H,7-12,15-16,20-24H2,1-6H3,(H,37,42). The summed E-state index contributed by atoms with van der Waals surface area (Å²) in [5.74, 6) is 0.680. The van der Waals surface area contributed by atoms with Gasteiger partial charge in [0.1, 0.15) is 29.8 Å². The first-order valence-electron chi connectivity index (χ1n) is 16.4. The van der Waals surface area contributed by atoms with Crippen molar-refractivity contribution in [1.29, 1.82) is 5.26 Å². The highest BCUT2D eigenvalue weighted by Gasteiger charge is 2.28. The topological polar surface area (TPSA) is 168 Å². The van der Waals surface area contributed by atoms with E-state index in [-0.39, 0.29) is 37.4 Å². The van der Waals surface area contributed by atoms with Gasteiger partial charge in [-0.25, -0.2) is 9.97 Å². The average Bonchev–Trinajstić information content (AvgIpc) is 3.71. The highest BCUT2D eigenvalue weighted by molar-refractivity contribution is 5.85. The van der Waals surface area contributed by atoms with Crippen molar-refractivity contribution in [1.82, 2.24) is 34.2 Å². The highest BCUT2D eigenvalue weighted by Crippen LogP contribution is 2.17. The number of nitriles is 1. The molecule has 1 fully saturated rings. The molecule has 0 radical (unpaired) electrons. The smallest absolute Gasteiger partial charge is 0.326 e. The van der Waals surface area contributed by atoms with Gasteiger partial charge in [0.15, 0.2) is 6.29 Å². The van der Waals surface area contributed by atoms with Gasteiger partial charge in [-0.15, -0.1) is 0 Å². The van der Waals surface area contributed by atoms with E-state index in [0.717, 1.165) is 25.1 Å². The number of imidazole rings is 2. The molecule has 260 valence electrons. The zero-order valence-electron chi connectivity index (χ0n) is 28.8. The van der Waals surface area contributed by atoms with Gasteiger partial charge in [0.2, 0.25) is 11.8 Å². The number of rotatable bonds is 17. The number of carbonyl (C=O) groups is 3. The first kappa shape index (κ1) is 37.7. The van der Waals surface area contributed by atoms with Crippen LogP contribution >= 0.6 is 0 Å². The second kappa shape index (κ2) is 17.4. The van der Waals surface area contributed by atoms with E-state index in [2.05, 4.69) is 26.3 Å². The SMILES string of the molecule is CC(C)(C)OC(=O)Cn1ccnc1CN(CCCCCC(=O)NCC(=O)N1CCCC1C#N)Cc1nccn1CC(O)OC(C)(C)C. The fourth-order valence-electron chi connectivity index (χ4n) is 5.40. The zero-order valence-corrected chi connectivity index (χ0v) is 28.8. The fourth-order valence-corrected chi connectivity index (χ4v) is 5.40. The van der Waals surface area contributed by atoms with Crippen molar-refractivity contribution in [2.24, 2.45) is 0 Å². The number of amides is 2. The molecule has 3 heterocycles. The number of nitrogens with zero attached hydrogens (tertiary/aromatic N) is 7. The van der Waals surface area contributed by atoms with Gasteiger partial charge in [-0.3, -0.25) is 19.3 Å². The quantitative estimate of drug-likeness (QED) is 0.147. The first-order valence-corrected chi connectivity index (χ1v) is 16.4. The van der Waals surface area contributed by atoms with Crippen molar-refractivity contribution in [3.8, 4) is 6.07 Å². The van der Waals surface area contributed by atoms with Crippen LogP contribution in [0.1, 0.15) is 91.7 Å². The van der Waals surface area contributed by atoms with E-state index in [9.17, 15) is 24.8 Å². The lowest BCUT2D eigenvalue weighted by atomic mass is 10.1. The second-order valence-corrected chi connectivity index (χ2v) is 13.9. The van der Waals surface area contributed by atoms with Gasteiger partial charge in [0, 0.05) is 37.8 Å². The van der Waals surface area contributed by atoms with E-state index in [1.165, 1.54) is 4.90 Å². The molecule has 47 heavy (non-hydrogen) atoms. The van der Waals surface area contributed by atoms with E-state index in [1.807, 2.05) is 46.1 Å². The van der Waals surface area contributed by atoms with Crippen LogP contribution in [0.25, 0.3) is 0 Å². The largest absolute Gasteiger partial charge is 0.459 e. The number of ether oxygens (including phenoxy) is 2. The van der Waals surface area contributed by atoms with Crippen molar-refractivity contribution in [2.75, 3.05) is 19.6 Å². The molecule has 2 amide bonds. The van der Waals surface area contributed by atoms with Gasteiger partial charge in [-0.05, 0) is 73.8 Å². The number of hydrogen-bond acceptors (Lipinski definition) is 10. The third kappa shape index (κ3) is 13.5. The Morgan fingerprint density at radius 2 is 1.70 bits per heavy atom. The fraction of sp³-hybridized carbons (Fsp3) is 0.697. The lowest BCUT2D eigenvalue weighted by Crippen LogP contribution is -2.42. The van der Waals surface area contributed by atoms with E-state index in [4.69, 9.17) is 9.47 Å². The Morgan fingerprint density at radius 1 is 1.04 bits per heavy atom. The predicted octanol–water partition coefficient (Wildman–Crippen LogP) is 2.75. The zero-order chi connectivity index (χ0) is 34.6. The molecule has 2 aromatic heterocycles. The second-order valence-electron chi connectivity index (χ2n) is 13.9. The number of unbranched alkanes of at least 4 members (excludes halogenated alkanes) is 2. The van der Waals surface area contributed by atoms with Crippen LogP contribution in [0.5, 0.6) is 0 Å². The molecule has 2 unspecified atom stereocenters. The summed E-state index contributed by atoms with van der Waals surface area (Å²) in [5, 5.41) is 22.4. The molecular formula is C33H52N8O6. The van der Waals surface area contributed by atoms with Crippen molar-refractivity contribution in [2.45, 2.75) is 130 Å². The number of carbonyl (C=O) groups excluding carboxylic acids is 3. The number of aliphatic hydroxyl groups is 1. The molecule has 0 aromatic carbocycles. The van der Waals surface area contributed by atoms with E-state index in [1.54, 1.807) is 29.4 Å². The number of nitrogens with one attached hydrogen (secondary N) is 1. The lowest BCUT2D eigenvalue weighted by molar-refractivity contribution is -0.171. The molecule has 14 nitrogen and oxygen atoms in total. The maximum absolute atomic E-state index is 12.5. The maximum Gasteiger partial charge on any atom is 0.326 e. The Balaban J connectivity index is 1.57. The summed E-state index contributed by atoms with van der Waals surface area (Å²) < 4.78 is 14.8. The summed E-state index contributed by atoms with van der Waals surface area (Å²) in [6.45, 7) is 13.4. The predicted molar refractivity (Wildman–Crippen MR) is 173 cm³/mol. The minimum atomic E-state index is -1.01. The summed E-state index contributed by atoms with van der Waals surface area (Å²) in [4.78, 5) is 50.1. The first-order chi connectivity index (χ1) is 22.1. The molecular weight excluding hydrogens is 604 g/mol. The summed E-state index contributed by atoms with van der Waals surface area (Å²) in [7, 11) is 0. The Morgan fingerprint density at radius 3 is 2.34 bits per heavy atom. The van der Waals surface area contributed by atoms with Crippen molar-refractivity contribution < 1.29 is 29.0 Å². The van der Waals surface area contributed by atoms with Crippen LogP contribution in [0.15, 0.2) is 24.8 Å². The molecule has 2 N–H and O–H groups in total. The van der Waals surface area contributed by atoms with Crippen molar-refractivity contribution in [3.63, 3.8) is 0 Å². The van der Waals surface area contributed by atoms with Crippen LogP contribution in [0.3, 0.4) is 0 Å². The summed E-state index contributed by atoms with van der Waals surface area (Å²) >= 11 is 0. The summed E-state index contributed by atoms with van der Waals surface area (Å²) in [6.07, 6.45) is 9.89. The molecule has 2 aromatic rings. The minimum absolute atomic E-state index is 0.0396. The van der Waals surface area contributed by atoms with Crippen molar-refractivity contribution >= 4 is 17.8 Å². The summed E-state index contributed by atoms with van der Waals surface area (Å²) in [6, 6.07) is 1.74. The number of aliphatic hydroxyl groups excluding tert-OH is 1. The highest BCUT2D eigenvalue weighted by atomic mass is 16.6. The Bertz CT molecular complexity index is 1350. The third-order valence-corrected chi connectivity index (χ3v) is 7.43. The Hall–Kier alpha value is -3.80. The van der Waals surface area contributed by atoms with Crippen LogP contribution in [0.2, 0.25) is 0 Å². The van der Waals surface area contributed by atoms with E-state index < -0.39 is 23.5 Å². The van der Waals surface area contributed by atoms with Gasteiger partial charge < -0.3 is 33.9 Å². The molecule has 2 atom stereocenters. The van der Waals surface area contributed by atoms with Gasteiger partial charge in [-0.2, -0.15) is 5.26 Å². The average molecular weight is 657 g/mol. The lowest BCUT2D eigenvalue weighted by Gasteiger charge is -2.26. The Kier molecular flexibility index (Phi) is 13.9. The van der Waals surface area contributed by atoms with Gasteiger partial charge in [0.25, 0.3) is 0 Å². The van der Waals surface area contributed by atoms with Gasteiger partial charge >= 0.3 is 5.97 Å². The number of aromatic nitrogens is 4. The van der Waals surface area contributed by atoms with E-state index >= 15 is 0 Å². The van der Waals surface area contributed by atoms with Crippen LogP contribution < -0.4 is 5.32 Å². The number of likely N-dealkylation sites (tertiary alicyclic amines) is 1. The molecule has 14 heteroatoms. The van der Waals surface area contributed by atoms with Crippen molar-refractivity contribution in [3.05, 3.63) is 36.4 Å². The molecule has 0 spiro atoms. The third-order valence-electron chi connectivity index (χ3n) is 7.43. The molecule has 0 bridgehead atoms. The maximum atomic E-state index is 12.5. The molecule has 1 aliphatic rings. The molecule has 3 rings (SSSR count). The van der Waals surface area contributed by atoms with Crippen LogP contribution in [0.4, 0.5) is 0 Å². The molecule has 1 saturated heterocycles. The Labute approximate surface area is 278 Å². The molecule has 0 aliphatic carbocycles. The molecule has 0 saturated carbocycles. The molecule has 1 aliphatic heterocycles.